The molecule has 0 saturated heterocycles. The van der Waals surface area contributed by atoms with Crippen LogP contribution in [0.5, 0.6) is 5.75 Å². The second-order valence-electron chi connectivity index (χ2n) is 13.1. The second-order valence-corrected chi connectivity index (χ2v) is 13.1. The number of carboxylic acid groups (broad SMARTS) is 1. The van der Waals surface area contributed by atoms with Gasteiger partial charge in [0.05, 0.1) is 12.0 Å². The molecule has 0 saturated carbocycles. The number of methoxy groups -OCH3 is 2. The number of ether oxygens (including phenoxy) is 3. The number of Topliss-reactive ketones (excluding diaryl/α,β-unsaturated/α-hetero) is 2. The molecule has 0 heterocycles. The van der Waals surface area contributed by atoms with Gasteiger partial charge >= 0.3 is 5.97 Å². The van der Waals surface area contributed by atoms with Gasteiger partial charge in [-0.25, -0.2) is 4.79 Å². The first kappa shape index (κ1) is 45.5. The van der Waals surface area contributed by atoms with Crippen molar-refractivity contribution in [3.63, 3.8) is 0 Å². The van der Waals surface area contributed by atoms with Crippen LogP contribution >= 0.6 is 0 Å². The number of carbonyl (C=O) groups excluding carboxylic acids is 3. The average Bonchev–Trinajstić information content (AvgIpc) is 3.11. The summed E-state index contributed by atoms with van der Waals surface area (Å²) in [5.74, 6) is 2.56. The minimum atomic E-state index is -2.46. The third-order valence-electron chi connectivity index (χ3n) is 8.90. The van der Waals surface area contributed by atoms with Gasteiger partial charge in [-0.2, -0.15) is 0 Å². The van der Waals surface area contributed by atoms with Crippen molar-refractivity contribution in [2.75, 3.05) is 34.0 Å². The van der Waals surface area contributed by atoms with Crippen LogP contribution in [0, 0.1) is 17.8 Å². The van der Waals surface area contributed by atoms with Gasteiger partial charge in [-0.05, 0) is 69.6 Å². The minimum Gasteiger partial charge on any atom is -0.481 e. The predicted molar refractivity (Wildman–Crippen MR) is 200 cm³/mol. The van der Waals surface area contributed by atoms with Gasteiger partial charge in [0.2, 0.25) is 5.91 Å². The van der Waals surface area contributed by atoms with Crippen molar-refractivity contribution in [1.29, 1.82) is 0 Å². The molecule has 0 bridgehead atoms. The highest BCUT2D eigenvalue weighted by molar-refractivity contribution is 5.94. The van der Waals surface area contributed by atoms with Crippen LogP contribution in [0.3, 0.4) is 0 Å². The molecule has 0 fully saturated rings. The molecule has 3 atom stereocenters. The third-order valence-corrected chi connectivity index (χ3v) is 8.90. The molecule has 1 amide bonds. The fraction of sp³-hybridized carbons (Fsp3) is 0.659. The maximum absolute atomic E-state index is 13.9. The topological polar surface area (TPSA) is 148 Å². The van der Waals surface area contributed by atoms with E-state index in [9.17, 15) is 29.4 Å². The van der Waals surface area contributed by atoms with Crippen LogP contribution in [0.1, 0.15) is 122 Å². The van der Waals surface area contributed by atoms with E-state index in [-0.39, 0.29) is 38.3 Å². The first-order chi connectivity index (χ1) is 24.6. The smallest absolute Gasteiger partial charge is 0.336 e. The lowest BCUT2D eigenvalue weighted by Gasteiger charge is -2.31. The predicted octanol–water partition coefficient (Wildman–Crippen LogP) is 6.80. The Morgan fingerprint density at radius 3 is 2.10 bits per heavy atom. The van der Waals surface area contributed by atoms with Crippen LogP contribution in [-0.4, -0.2) is 79.3 Å². The molecule has 1 rings (SSSR count). The van der Waals surface area contributed by atoms with Crippen molar-refractivity contribution in [2.45, 2.75) is 135 Å². The standard InChI is InChI=1S/C41H63NO9/c1-5-7-9-12-15-20-34(43)21-16-13-10-11-14-17-22-36(41(48,40(46)47)28-31-50-4)39(45)42-37(38(44)23-18-19-29-49-3)32-33-24-26-35(27-25-33)51-30-8-6-2/h17,22,24-27,36-37,48H,5,7,9-16,18-21,23,28-32H2,1-4H3,(H,42,45)(H,46,47)/b22-17+/t36-,37+,41+/m1/s1. The van der Waals surface area contributed by atoms with Crippen molar-refractivity contribution in [3.8, 4) is 17.6 Å². The molecule has 0 radical (unpaired) electrons. The normalized spacial score (nSPS) is 13.5. The average molecular weight is 714 g/mol. The molecular formula is C41H63NO9. The molecule has 1 aromatic carbocycles. The summed E-state index contributed by atoms with van der Waals surface area (Å²) in [5.41, 5.74) is -1.69. The number of carbonyl (C=O) groups is 4. The van der Waals surface area contributed by atoms with E-state index in [0.717, 1.165) is 44.1 Å². The zero-order valence-electron chi connectivity index (χ0n) is 31.5. The molecular weight excluding hydrogens is 650 g/mol. The number of allylic oxidation sites excluding steroid dienone is 1. The molecule has 286 valence electrons. The number of unbranched alkanes of at least 4 members (excludes halogenated alkanes) is 9. The summed E-state index contributed by atoms with van der Waals surface area (Å²) in [6.07, 6.45) is 15.3. The van der Waals surface area contributed by atoms with Crippen LogP contribution in [0.25, 0.3) is 0 Å². The Morgan fingerprint density at radius 2 is 1.49 bits per heavy atom. The number of hydrogen-bond acceptors (Lipinski definition) is 8. The van der Waals surface area contributed by atoms with E-state index < -0.39 is 29.4 Å². The van der Waals surface area contributed by atoms with E-state index in [1.807, 2.05) is 0 Å². The van der Waals surface area contributed by atoms with E-state index in [1.165, 1.54) is 32.4 Å². The van der Waals surface area contributed by atoms with Crippen LogP contribution in [-0.2, 0) is 35.1 Å². The SMILES string of the molecule is CC#CCOc1ccc(C[C@H](NC(=O)[C@@H](/C=C/CCCCCCC(=O)CCCCCCC)[C@@](O)(CCOC)C(=O)O)C(=O)CCCCOC)cc1. The Morgan fingerprint density at radius 1 is 0.863 bits per heavy atom. The van der Waals surface area contributed by atoms with Crippen LogP contribution < -0.4 is 10.1 Å². The van der Waals surface area contributed by atoms with E-state index in [4.69, 9.17) is 14.2 Å². The Labute approximate surface area is 306 Å². The molecule has 0 aromatic heterocycles. The van der Waals surface area contributed by atoms with E-state index in [0.29, 0.717) is 50.2 Å². The summed E-state index contributed by atoms with van der Waals surface area (Å²) in [6, 6.07) is 6.19. The highest BCUT2D eigenvalue weighted by Crippen LogP contribution is 2.26. The van der Waals surface area contributed by atoms with E-state index >= 15 is 0 Å². The number of nitrogens with one attached hydrogen (secondary N) is 1. The summed E-state index contributed by atoms with van der Waals surface area (Å²) < 4.78 is 15.8. The zero-order valence-corrected chi connectivity index (χ0v) is 31.5. The molecule has 0 aliphatic rings. The summed E-state index contributed by atoms with van der Waals surface area (Å²) >= 11 is 0. The largest absolute Gasteiger partial charge is 0.481 e. The Hall–Kier alpha value is -3.52. The molecule has 10 nitrogen and oxygen atoms in total. The molecule has 10 heteroatoms. The third kappa shape index (κ3) is 19.6. The Balaban J connectivity index is 3.00. The van der Waals surface area contributed by atoms with Crippen molar-refractivity contribution in [3.05, 3.63) is 42.0 Å². The van der Waals surface area contributed by atoms with Crippen LogP contribution in [0.15, 0.2) is 36.4 Å². The van der Waals surface area contributed by atoms with E-state index in [1.54, 1.807) is 44.4 Å². The number of benzene rings is 1. The van der Waals surface area contributed by atoms with Crippen molar-refractivity contribution < 1.29 is 43.6 Å². The highest BCUT2D eigenvalue weighted by atomic mass is 16.5. The fourth-order valence-corrected chi connectivity index (χ4v) is 5.71. The van der Waals surface area contributed by atoms with Gasteiger partial charge in [-0.3, -0.25) is 14.4 Å². The van der Waals surface area contributed by atoms with E-state index in [2.05, 4.69) is 24.1 Å². The fourth-order valence-electron chi connectivity index (χ4n) is 5.71. The number of aliphatic hydroxyl groups is 1. The van der Waals surface area contributed by atoms with Gasteiger partial charge in [0.1, 0.15) is 18.1 Å². The van der Waals surface area contributed by atoms with Crippen LogP contribution in [0.2, 0.25) is 0 Å². The minimum absolute atomic E-state index is 0.0853. The molecule has 0 spiro atoms. The van der Waals surface area contributed by atoms with Gasteiger partial charge in [-0.15, -0.1) is 5.92 Å². The van der Waals surface area contributed by atoms with Gasteiger partial charge in [0.25, 0.3) is 0 Å². The van der Waals surface area contributed by atoms with Gasteiger partial charge in [0, 0.05) is 53.1 Å². The summed E-state index contributed by atoms with van der Waals surface area (Å²) in [7, 11) is 2.98. The van der Waals surface area contributed by atoms with Crippen LogP contribution in [0.4, 0.5) is 0 Å². The Bertz CT molecular complexity index is 1230. The molecule has 0 aliphatic carbocycles. The first-order valence-electron chi connectivity index (χ1n) is 18.7. The monoisotopic (exact) mass is 713 g/mol. The molecule has 0 aliphatic heterocycles. The number of aliphatic carboxylic acids is 1. The molecule has 3 N–H and O–H groups in total. The zero-order chi connectivity index (χ0) is 37.7. The quantitative estimate of drug-likeness (QED) is 0.0429. The number of hydrogen-bond donors (Lipinski definition) is 3. The lowest BCUT2D eigenvalue weighted by molar-refractivity contribution is -0.168. The lowest BCUT2D eigenvalue weighted by atomic mass is 9.82. The summed E-state index contributed by atoms with van der Waals surface area (Å²) in [4.78, 5) is 51.9. The number of amides is 1. The van der Waals surface area contributed by atoms with Crippen molar-refractivity contribution in [1.82, 2.24) is 5.32 Å². The highest BCUT2D eigenvalue weighted by Gasteiger charge is 2.47. The summed E-state index contributed by atoms with van der Waals surface area (Å²) in [5, 5.41) is 24.3. The van der Waals surface area contributed by atoms with Crippen molar-refractivity contribution >= 4 is 23.4 Å². The number of ketones is 2. The van der Waals surface area contributed by atoms with Crippen molar-refractivity contribution in [2.24, 2.45) is 5.92 Å². The number of rotatable bonds is 31. The maximum Gasteiger partial charge on any atom is 0.336 e. The molecule has 0 unspecified atom stereocenters. The van der Waals surface area contributed by atoms with Gasteiger partial charge in [0.15, 0.2) is 11.4 Å². The maximum atomic E-state index is 13.9. The molecule has 1 aromatic rings. The lowest BCUT2D eigenvalue weighted by Crippen LogP contribution is -2.55. The second kappa shape index (κ2) is 28.1. The number of carboxylic acids is 1. The molecule has 51 heavy (non-hydrogen) atoms. The van der Waals surface area contributed by atoms with Gasteiger partial charge in [-0.1, -0.05) is 75.7 Å². The first-order valence-corrected chi connectivity index (χ1v) is 18.7. The van der Waals surface area contributed by atoms with Gasteiger partial charge < -0.3 is 29.7 Å². The summed E-state index contributed by atoms with van der Waals surface area (Å²) in [6.45, 7) is 4.57. The Kier molecular flexibility index (Phi) is 25.1.